The van der Waals surface area contributed by atoms with Gasteiger partial charge in [-0.2, -0.15) is 0 Å². The van der Waals surface area contributed by atoms with Gasteiger partial charge < -0.3 is 15.7 Å². The summed E-state index contributed by atoms with van der Waals surface area (Å²) < 4.78 is 13.7. The molecule has 3 atom stereocenters. The Kier molecular flexibility index (Phi) is 9.65. The van der Waals surface area contributed by atoms with Crippen LogP contribution in [0.15, 0.2) is 71.8 Å². The maximum Gasteiger partial charge on any atom is 0.304 e. The number of alkyl halides is 1. The monoisotopic (exact) mass is 604 g/mol. The van der Waals surface area contributed by atoms with Crippen LogP contribution >= 0.6 is 11.8 Å². The van der Waals surface area contributed by atoms with Gasteiger partial charge in [-0.25, -0.2) is 9.37 Å². The number of benzene rings is 1. The van der Waals surface area contributed by atoms with E-state index in [1.165, 1.54) is 16.7 Å². The van der Waals surface area contributed by atoms with Crippen molar-refractivity contribution >= 4 is 41.1 Å². The lowest BCUT2D eigenvalue weighted by molar-refractivity contribution is -0.145. The van der Waals surface area contributed by atoms with E-state index < -0.39 is 24.0 Å². The second-order valence-electron chi connectivity index (χ2n) is 11.4. The van der Waals surface area contributed by atoms with Crippen molar-refractivity contribution in [2.75, 3.05) is 18.0 Å². The molecule has 0 bridgehead atoms. The van der Waals surface area contributed by atoms with Gasteiger partial charge in [0.05, 0.1) is 17.4 Å². The minimum atomic E-state index is -1.48. The zero-order valence-electron chi connectivity index (χ0n) is 24.0. The number of thioether (sulfide) groups is 1. The highest BCUT2D eigenvalue weighted by Crippen LogP contribution is 2.41. The van der Waals surface area contributed by atoms with Gasteiger partial charge in [-0.05, 0) is 36.0 Å². The molecule has 0 radical (unpaired) electrons. The SMILES string of the molecule is C=C(S/C=C(\N)c1ccccc1-c1ccc(N2CC[C@@H](F)C2=O)nc1)N1C/C=C\C[C@H](C2CCCC2)[C@H](CC(=O)O)C1=O. The largest absolute Gasteiger partial charge is 0.481 e. The Balaban J connectivity index is 1.33. The fourth-order valence-electron chi connectivity index (χ4n) is 6.45. The number of amides is 2. The number of halogens is 1. The van der Waals surface area contributed by atoms with E-state index in [4.69, 9.17) is 5.73 Å². The van der Waals surface area contributed by atoms with Gasteiger partial charge >= 0.3 is 5.97 Å². The number of nitrogens with zero attached hydrogens (tertiary/aromatic N) is 3. The summed E-state index contributed by atoms with van der Waals surface area (Å²) in [6, 6.07) is 11.1. The summed E-state index contributed by atoms with van der Waals surface area (Å²) in [5.41, 5.74) is 9.37. The number of nitrogens with two attached hydrogens (primary N) is 1. The normalized spacial score (nSPS) is 24.2. The Morgan fingerprint density at radius 3 is 2.56 bits per heavy atom. The van der Waals surface area contributed by atoms with Gasteiger partial charge in [0.25, 0.3) is 5.91 Å². The van der Waals surface area contributed by atoms with E-state index in [9.17, 15) is 23.9 Å². The van der Waals surface area contributed by atoms with Crippen LogP contribution in [0.25, 0.3) is 16.8 Å². The molecule has 3 heterocycles. The Morgan fingerprint density at radius 2 is 1.88 bits per heavy atom. The van der Waals surface area contributed by atoms with Gasteiger partial charge in [-0.15, -0.1) is 0 Å². The van der Waals surface area contributed by atoms with E-state index in [0.29, 0.717) is 42.0 Å². The number of anilines is 1. The van der Waals surface area contributed by atoms with Crippen molar-refractivity contribution in [2.24, 2.45) is 23.5 Å². The number of carboxylic acid groups (broad SMARTS) is 1. The molecule has 1 aliphatic carbocycles. The van der Waals surface area contributed by atoms with Crippen LogP contribution in [0.3, 0.4) is 0 Å². The zero-order chi connectivity index (χ0) is 30.5. The van der Waals surface area contributed by atoms with Gasteiger partial charge in [0, 0.05) is 47.9 Å². The highest BCUT2D eigenvalue weighted by Gasteiger charge is 2.39. The number of hydrogen-bond donors (Lipinski definition) is 2. The summed E-state index contributed by atoms with van der Waals surface area (Å²) in [5.74, 6) is -1.58. The number of aliphatic carboxylic acids is 1. The van der Waals surface area contributed by atoms with Gasteiger partial charge in [0.15, 0.2) is 6.17 Å². The first-order valence-corrected chi connectivity index (χ1v) is 15.6. The molecule has 2 aliphatic heterocycles. The molecule has 1 saturated carbocycles. The minimum absolute atomic E-state index is 0.00238. The molecule has 2 fully saturated rings. The summed E-state index contributed by atoms with van der Waals surface area (Å²) in [7, 11) is 0. The van der Waals surface area contributed by atoms with Gasteiger partial charge in [0.2, 0.25) is 5.91 Å². The Hall–Kier alpha value is -3.92. The van der Waals surface area contributed by atoms with Crippen molar-refractivity contribution < 1.29 is 23.9 Å². The van der Waals surface area contributed by atoms with Gasteiger partial charge in [0.1, 0.15) is 5.82 Å². The van der Waals surface area contributed by atoms with E-state index in [1.54, 1.807) is 22.6 Å². The molecule has 1 aromatic carbocycles. The predicted octanol–water partition coefficient (Wildman–Crippen LogP) is 5.97. The molecule has 43 heavy (non-hydrogen) atoms. The molecule has 3 aliphatic rings. The average molecular weight is 605 g/mol. The van der Waals surface area contributed by atoms with Crippen LogP contribution in [0.4, 0.5) is 10.2 Å². The van der Waals surface area contributed by atoms with Crippen LogP contribution < -0.4 is 10.6 Å². The second-order valence-corrected chi connectivity index (χ2v) is 12.3. The number of aromatic nitrogens is 1. The quantitative estimate of drug-likeness (QED) is 0.339. The van der Waals surface area contributed by atoms with Crippen molar-refractivity contribution in [3.05, 3.63) is 77.3 Å². The molecule has 2 aromatic rings. The molecular formula is C33H37FN4O4S. The molecule has 5 rings (SSSR count). The molecule has 3 N–H and O–H groups in total. The molecule has 0 spiro atoms. The van der Waals surface area contributed by atoms with Crippen LogP contribution in [0, 0.1) is 17.8 Å². The zero-order valence-corrected chi connectivity index (χ0v) is 24.8. The molecule has 1 aromatic heterocycles. The minimum Gasteiger partial charge on any atom is -0.481 e. The third-order valence-electron chi connectivity index (χ3n) is 8.70. The first-order chi connectivity index (χ1) is 20.7. The maximum absolute atomic E-state index is 13.8. The number of carboxylic acids is 1. The molecule has 2 amide bonds. The van der Waals surface area contributed by atoms with Gasteiger partial charge in [-0.1, -0.05) is 80.4 Å². The van der Waals surface area contributed by atoms with Crippen LogP contribution in [0.5, 0.6) is 0 Å². The Bertz CT molecular complexity index is 1440. The van der Waals surface area contributed by atoms with Crippen LogP contribution in [-0.2, 0) is 14.4 Å². The maximum atomic E-state index is 13.8. The number of carbonyl (C=O) groups is 3. The van der Waals surface area contributed by atoms with E-state index in [0.717, 1.165) is 42.4 Å². The summed E-state index contributed by atoms with van der Waals surface area (Å²) in [6.45, 7) is 4.78. The lowest BCUT2D eigenvalue weighted by Gasteiger charge is -2.35. The topological polar surface area (TPSA) is 117 Å². The van der Waals surface area contributed by atoms with Crippen LogP contribution in [-0.4, -0.2) is 52.0 Å². The lowest BCUT2D eigenvalue weighted by Crippen LogP contribution is -2.41. The van der Waals surface area contributed by atoms with Crippen molar-refractivity contribution in [3.63, 3.8) is 0 Å². The first-order valence-electron chi connectivity index (χ1n) is 14.7. The van der Waals surface area contributed by atoms with Crippen molar-refractivity contribution in [1.82, 2.24) is 9.88 Å². The fourth-order valence-corrected chi connectivity index (χ4v) is 7.13. The number of carbonyl (C=O) groups excluding carboxylic acids is 2. The highest BCUT2D eigenvalue weighted by molar-refractivity contribution is 8.05. The third kappa shape index (κ3) is 6.85. The predicted molar refractivity (Wildman–Crippen MR) is 167 cm³/mol. The Morgan fingerprint density at radius 1 is 1.12 bits per heavy atom. The summed E-state index contributed by atoms with van der Waals surface area (Å²) in [6.07, 6.45) is 9.18. The molecule has 226 valence electrons. The lowest BCUT2D eigenvalue weighted by atomic mass is 9.75. The molecule has 10 heteroatoms. The molecular weight excluding hydrogens is 567 g/mol. The standard InChI is InChI=1S/C33H37FN4O4S/c1-21(37-16-7-6-11-24(22-8-2-3-9-22)27(32(37)41)18-31(39)40)43-20-29(35)26-12-5-4-10-25(26)23-13-14-30(36-19-23)38-17-15-28(34)33(38)42/h4-7,10,12-14,19-20,22,24,27-28H,1-3,8-9,11,15-18,35H2,(H,39,40)/b7-6-,29-20-/t24-,27+,28-/m1/s1. The number of rotatable bonds is 9. The Labute approximate surface area is 255 Å². The van der Waals surface area contributed by atoms with E-state index in [1.807, 2.05) is 36.4 Å². The average Bonchev–Trinajstić information content (AvgIpc) is 3.65. The summed E-state index contributed by atoms with van der Waals surface area (Å²) >= 11 is 1.23. The molecule has 8 nitrogen and oxygen atoms in total. The van der Waals surface area contributed by atoms with Crippen LogP contribution in [0.1, 0.15) is 50.5 Å². The van der Waals surface area contributed by atoms with Crippen molar-refractivity contribution in [3.8, 4) is 11.1 Å². The summed E-state index contributed by atoms with van der Waals surface area (Å²) in [5, 5.41) is 11.9. The first kappa shape index (κ1) is 30.5. The summed E-state index contributed by atoms with van der Waals surface area (Å²) in [4.78, 5) is 45.0. The second kappa shape index (κ2) is 13.6. The third-order valence-corrected chi connectivity index (χ3v) is 9.56. The smallest absolute Gasteiger partial charge is 0.304 e. The molecule has 0 unspecified atom stereocenters. The van der Waals surface area contributed by atoms with Crippen molar-refractivity contribution in [2.45, 2.75) is 51.1 Å². The van der Waals surface area contributed by atoms with E-state index in [2.05, 4.69) is 17.6 Å². The van der Waals surface area contributed by atoms with E-state index in [-0.39, 0.29) is 24.7 Å². The van der Waals surface area contributed by atoms with Gasteiger partial charge in [-0.3, -0.25) is 19.3 Å². The van der Waals surface area contributed by atoms with Crippen LogP contribution in [0.2, 0.25) is 0 Å². The number of allylic oxidation sites excluding steroid dienone is 1. The van der Waals surface area contributed by atoms with Crippen molar-refractivity contribution in [1.29, 1.82) is 0 Å². The van der Waals surface area contributed by atoms with E-state index >= 15 is 0 Å². The fraction of sp³-hybridized carbons (Fsp3) is 0.394. The highest BCUT2D eigenvalue weighted by atomic mass is 32.2. The number of pyridine rings is 1. The number of hydrogen-bond acceptors (Lipinski definition) is 6. The molecule has 1 saturated heterocycles.